The Bertz CT molecular complexity index is 377. The Morgan fingerprint density at radius 2 is 2.07 bits per heavy atom. The third-order valence-electron chi connectivity index (χ3n) is 2.47. The Morgan fingerprint density at radius 1 is 1.40 bits per heavy atom. The van der Waals surface area contributed by atoms with Gasteiger partial charge in [0.1, 0.15) is 0 Å². The zero-order valence-electron chi connectivity index (χ0n) is 9.49. The van der Waals surface area contributed by atoms with E-state index in [0.717, 1.165) is 12.2 Å². The molecule has 0 aliphatic heterocycles. The smallest absolute Gasteiger partial charge is 0.171 e. The van der Waals surface area contributed by atoms with Crippen LogP contribution in [0.15, 0.2) is 22.8 Å². The standard InChI is InChI=1S/C11H18O3S/c1-4-9(2)14-10-5-7-11(8-6-10)15(3,12)13/h5,8-9H,4,6-7H2,1-3H3. The van der Waals surface area contributed by atoms with Crippen LogP contribution in [0, 0.1) is 0 Å². The van der Waals surface area contributed by atoms with Crippen LogP contribution in [0.4, 0.5) is 0 Å². The molecule has 1 unspecified atom stereocenters. The third kappa shape index (κ3) is 3.70. The Kier molecular flexibility index (Phi) is 3.97. The van der Waals surface area contributed by atoms with Crippen molar-refractivity contribution in [3.8, 4) is 0 Å². The predicted molar refractivity (Wildman–Crippen MR) is 61.1 cm³/mol. The average Bonchev–Trinajstić information content (AvgIpc) is 2.17. The summed E-state index contributed by atoms with van der Waals surface area (Å²) in [6.07, 6.45) is 7.06. The molecule has 86 valence electrons. The molecule has 0 saturated heterocycles. The van der Waals surface area contributed by atoms with Crippen molar-refractivity contribution in [1.82, 2.24) is 0 Å². The molecular weight excluding hydrogens is 212 g/mol. The van der Waals surface area contributed by atoms with Crippen molar-refractivity contribution in [3.63, 3.8) is 0 Å². The van der Waals surface area contributed by atoms with Crippen LogP contribution in [0.25, 0.3) is 0 Å². The first-order chi connectivity index (χ1) is 6.93. The van der Waals surface area contributed by atoms with Crippen LogP contribution >= 0.6 is 0 Å². The van der Waals surface area contributed by atoms with E-state index in [1.54, 1.807) is 6.08 Å². The molecule has 0 amide bonds. The van der Waals surface area contributed by atoms with E-state index in [-0.39, 0.29) is 6.10 Å². The summed E-state index contributed by atoms with van der Waals surface area (Å²) in [6, 6.07) is 0. The van der Waals surface area contributed by atoms with Crippen LogP contribution in [0.5, 0.6) is 0 Å². The van der Waals surface area contributed by atoms with Gasteiger partial charge in [0.05, 0.1) is 11.9 Å². The maximum atomic E-state index is 11.2. The summed E-state index contributed by atoms with van der Waals surface area (Å²) in [5, 5.41) is 0. The Hall–Kier alpha value is -0.770. The lowest BCUT2D eigenvalue weighted by atomic mass is 10.2. The number of ether oxygens (including phenoxy) is 1. The minimum absolute atomic E-state index is 0.199. The summed E-state index contributed by atoms with van der Waals surface area (Å²) < 4.78 is 28.1. The van der Waals surface area contributed by atoms with Crippen LogP contribution in [0.3, 0.4) is 0 Å². The van der Waals surface area contributed by atoms with E-state index < -0.39 is 9.84 Å². The lowest BCUT2D eigenvalue weighted by Crippen LogP contribution is -2.09. The van der Waals surface area contributed by atoms with Crippen molar-refractivity contribution in [2.45, 2.75) is 39.2 Å². The molecule has 0 spiro atoms. The van der Waals surface area contributed by atoms with Crippen molar-refractivity contribution < 1.29 is 13.2 Å². The number of sulfone groups is 1. The number of hydrogen-bond donors (Lipinski definition) is 0. The molecule has 0 fully saturated rings. The molecule has 0 aromatic rings. The van der Waals surface area contributed by atoms with Gasteiger partial charge in [-0.25, -0.2) is 8.42 Å². The van der Waals surface area contributed by atoms with Crippen molar-refractivity contribution in [1.29, 1.82) is 0 Å². The van der Waals surface area contributed by atoms with Crippen LogP contribution < -0.4 is 0 Å². The molecule has 1 rings (SSSR count). The molecule has 0 aromatic heterocycles. The lowest BCUT2D eigenvalue weighted by Gasteiger charge is -2.18. The van der Waals surface area contributed by atoms with Crippen LogP contribution in [-0.2, 0) is 14.6 Å². The highest BCUT2D eigenvalue weighted by Gasteiger charge is 2.15. The van der Waals surface area contributed by atoms with Gasteiger partial charge in [-0.2, -0.15) is 0 Å². The van der Waals surface area contributed by atoms with Gasteiger partial charge in [0.25, 0.3) is 0 Å². The van der Waals surface area contributed by atoms with Gasteiger partial charge in [-0.05, 0) is 19.4 Å². The molecule has 0 saturated carbocycles. The van der Waals surface area contributed by atoms with Crippen molar-refractivity contribution in [2.24, 2.45) is 0 Å². The molecule has 1 aliphatic rings. The van der Waals surface area contributed by atoms with Crippen molar-refractivity contribution >= 4 is 9.84 Å². The molecule has 0 aromatic carbocycles. The first-order valence-corrected chi connectivity index (χ1v) is 7.07. The zero-order valence-corrected chi connectivity index (χ0v) is 10.3. The van der Waals surface area contributed by atoms with Gasteiger partial charge in [-0.15, -0.1) is 0 Å². The summed E-state index contributed by atoms with van der Waals surface area (Å²) in [5.41, 5.74) is 0. The first kappa shape index (κ1) is 12.3. The first-order valence-electron chi connectivity index (χ1n) is 5.18. The van der Waals surface area contributed by atoms with Gasteiger partial charge in [-0.3, -0.25) is 0 Å². The summed E-state index contributed by atoms with van der Waals surface area (Å²) in [7, 11) is -3.02. The number of hydrogen-bond acceptors (Lipinski definition) is 3. The Morgan fingerprint density at radius 3 is 2.47 bits per heavy atom. The largest absolute Gasteiger partial charge is 0.495 e. The molecule has 0 N–H and O–H groups in total. The second-order valence-electron chi connectivity index (χ2n) is 3.86. The van der Waals surface area contributed by atoms with Crippen LogP contribution in [-0.4, -0.2) is 20.8 Å². The van der Waals surface area contributed by atoms with Crippen molar-refractivity contribution in [3.05, 3.63) is 22.8 Å². The van der Waals surface area contributed by atoms with E-state index in [1.807, 2.05) is 13.0 Å². The average molecular weight is 230 g/mol. The topological polar surface area (TPSA) is 43.4 Å². The zero-order chi connectivity index (χ0) is 11.5. The molecule has 0 radical (unpaired) electrons. The monoisotopic (exact) mass is 230 g/mol. The highest BCUT2D eigenvalue weighted by molar-refractivity contribution is 7.94. The van der Waals surface area contributed by atoms with E-state index in [4.69, 9.17) is 4.74 Å². The van der Waals surface area contributed by atoms with E-state index in [1.165, 1.54) is 6.26 Å². The highest BCUT2D eigenvalue weighted by atomic mass is 32.2. The van der Waals surface area contributed by atoms with Crippen LogP contribution in [0.2, 0.25) is 0 Å². The van der Waals surface area contributed by atoms with Gasteiger partial charge in [0.15, 0.2) is 9.84 Å². The molecule has 1 atom stereocenters. The second kappa shape index (κ2) is 4.84. The summed E-state index contributed by atoms with van der Waals surface area (Å²) >= 11 is 0. The maximum absolute atomic E-state index is 11.2. The highest BCUT2D eigenvalue weighted by Crippen LogP contribution is 2.23. The molecule has 15 heavy (non-hydrogen) atoms. The summed E-state index contributed by atoms with van der Waals surface area (Å²) in [4.78, 5) is 0.499. The molecule has 1 aliphatic carbocycles. The normalized spacial score (nSPS) is 19.1. The van der Waals surface area contributed by atoms with Gasteiger partial charge in [0, 0.05) is 24.0 Å². The fourth-order valence-electron chi connectivity index (χ4n) is 1.34. The predicted octanol–water partition coefficient (Wildman–Crippen LogP) is 2.41. The van der Waals surface area contributed by atoms with Gasteiger partial charge in [0.2, 0.25) is 0 Å². The molecule has 3 nitrogen and oxygen atoms in total. The minimum Gasteiger partial charge on any atom is -0.495 e. The van der Waals surface area contributed by atoms with Crippen LogP contribution in [0.1, 0.15) is 33.1 Å². The third-order valence-corrected chi connectivity index (χ3v) is 3.75. The Labute approximate surface area is 91.7 Å². The molecular formula is C11H18O3S. The quantitative estimate of drug-likeness (QED) is 0.745. The fourth-order valence-corrected chi connectivity index (χ4v) is 2.11. The summed E-state index contributed by atoms with van der Waals surface area (Å²) in [6.45, 7) is 4.07. The lowest BCUT2D eigenvalue weighted by molar-refractivity contribution is 0.123. The van der Waals surface area contributed by atoms with E-state index in [2.05, 4.69) is 6.92 Å². The maximum Gasteiger partial charge on any atom is 0.171 e. The fraction of sp³-hybridized carbons (Fsp3) is 0.636. The van der Waals surface area contributed by atoms with E-state index in [9.17, 15) is 8.42 Å². The molecule has 0 heterocycles. The minimum atomic E-state index is -3.02. The van der Waals surface area contributed by atoms with Gasteiger partial charge >= 0.3 is 0 Å². The number of rotatable bonds is 4. The number of allylic oxidation sites excluding steroid dienone is 3. The van der Waals surface area contributed by atoms with Gasteiger partial charge < -0.3 is 4.74 Å². The molecule has 4 heteroatoms. The van der Waals surface area contributed by atoms with Gasteiger partial charge in [-0.1, -0.05) is 13.0 Å². The van der Waals surface area contributed by atoms with E-state index >= 15 is 0 Å². The van der Waals surface area contributed by atoms with E-state index in [0.29, 0.717) is 17.7 Å². The SMILES string of the molecule is CCC(C)OC1=CCC(S(C)(=O)=O)=CC1. The Balaban J connectivity index is 2.57. The second-order valence-corrected chi connectivity index (χ2v) is 5.93. The summed E-state index contributed by atoms with van der Waals surface area (Å²) in [5.74, 6) is 0.886. The van der Waals surface area contributed by atoms with Crippen molar-refractivity contribution in [2.75, 3.05) is 6.26 Å². The molecule has 0 bridgehead atoms.